The topological polar surface area (TPSA) is 115 Å². The molecule has 0 spiro atoms. The van der Waals surface area contributed by atoms with E-state index in [9.17, 15) is 14.4 Å². The lowest BCUT2D eigenvalue weighted by Crippen LogP contribution is -2.50. The number of aldehydes is 1. The summed E-state index contributed by atoms with van der Waals surface area (Å²) < 4.78 is 15.2. The molecule has 1 amide bonds. The number of carbonyl (C=O) groups is 3. The van der Waals surface area contributed by atoms with Gasteiger partial charge in [-0.1, -0.05) is 13.8 Å². The van der Waals surface area contributed by atoms with Gasteiger partial charge in [-0.3, -0.25) is 9.59 Å². The third-order valence-electron chi connectivity index (χ3n) is 3.82. The number of amides is 1. The van der Waals surface area contributed by atoms with Crippen LogP contribution in [0.15, 0.2) is 18.2 Å². The molecular formula is C18H22N2O6. The van der Waals surface area contributed by atoms with Crippen molar-refractivity contribution in [2.45, 2.75) is 26.3 Å². The molecule has 0 radical (unpaired) electrons. The molecule has 0 saturated carbocycles. The standard InChI is InChI=1S/C18H22N2O6/c1-12(2)18(3,11-19)20-16(22)9-26-17(23)10-25-14-6-5-13(8-21)7-15(14)24-4/h5-8,12H,9-10H2,1-4H3,(H,20,22)/t18-/m1/s1. The molecule has 26 heavy (non-hydrogen) atoms. The molecule has 1 rings (SSSR count). The molecule has 0 aliphatic carbocycles. The summed E-state index contributed by atoms with van der Waals surface area (Å²) in [6.07, 6.45) is 0.658. The first-order valence-corrected chi connectivity index (χ1v) is 7.89. The van der Waals surface area contributed by atoms with Crippen LogP contribution < -0.4 is 14.8 Å². The minimum Gasteiger partial charge on any atom is -0.493 e. The number of benzene rings is 1. The Morgan fingerprint density at radius 2 is 2.00 bits per heavy atom. The Morgan fingerprint density at radius 3 is 2.54 bits per heavy atom. The van der Waals surface area contributed by atoms with E-state index in [1.54, 1.807) is 20.8 Å². The quantitative estimate of drug-likeness (QED) is 0.523. The molecule has 1 N–H and O–H groups in total. The summed E-state index contributed by atoms with van der Waals surface area (Å²) >= 11 is 0. The fourth-order valence-electron chi connectivity index (χ4n) is 1.83. The first-order valence-electron chi connectivity index (χ1n) is 7.89. The average molecular weight is 362 g/mol. The van der Waals surface area contributed by atoms with E-state index in [1.165, 1.54) is 25.3 Å². The van der Waals surface area contributed by atoms with E-state index in [4.69, 9.17) is 19.5 Å². The third kappa shape index (κ3) is 5.77. The van der Waals surface area contributed by atoms with Gasteiger partial charge in [0.1, 0.15) is 11.8 Å². The number of nitrogens with one attached hydrogen (secondary N) is 1. The molecule has 0 aromatic heterocycles. The van der Waals surface area contributed by atoms with E-state index < -0.39 is 30.6 Å². The van der Waals surface area contributed by atoms with Gasteiger partial charge in [-0.2, -0.15) is 5.26 Å². The van der Waals surface area contributed by atoms with Crippen LogP contribution in [0, 0.1) is 17.2 Å². The number of methoxy groups -OCH3 is 1. The van der Waals surface area contributed by atoms with Crippen LogP contribution in [0.25, 0.3) is 0 Å². The molecule has 1 atom stereocenters. The second-order valence-corrected chi connectivity index (χ2v) is 5.99. The van der Waals surface area contributed by atoms with Crippen LogP contribution in [0.2, 0.25) is 0 Å². The van der Waals surface area contributed by atoms with Crippen molar-refractivity contribution < 1.29 is 28.6 Å². The SMILES string of the molecule is COc1cc(C=O)ccc1OCC(=O)OCC(=O)N[C@](C)(C#N)C(C)C. The van der Waals surface area contributed by atoms with Crippen LogP contribution in [-0.2, 0) is 14.3 Å². The van der Waals surface area contributed by atoms with Crippen molar-refractivity contribution in [3.63, 3.8) is 0 Å². The smallest absolute Gasteiger partial charge is 0.344 e. The van der Waals surface area contributed by atoms with Crippen molar-refractivity contribution in [2.24, 2.45) is 5.92 Å². The highest BCUT2D eigenvalue weighted by Crippen LogP contribution is 2.27. The number of esters is 1. The molecule has 0 aliphatic heterocycles. The fraction of sp³-hybridized carbons (Fsp3) is 0.444. The molecule has 0 heterocycles. The van der Waals surface area contributed by atoms with Crippen LogP contribution in [0.5, 0.6) is 11.5 Å². The Morgan fingerprint density at radius 1 is 1.31 bits per heavy atom. The van der Waals surface area contributed by atoms with Crippen LogP contribution in [0.1, 0.15) is 31.1 Å². The molecule has 0 saturated heterocycles. The fourth-order valence-corrected chi connectivity index (χ4v) is 1.83. The molecule has 0 unspecified atom stereocenters. The Kier molecular flexibility index (Phi) is 7.59. The lowest BCUT2D eigenvalue weighted by molar-refractivity contribution is -0.150. The first kappa shape index (κ1) is 21.0. The molecule has 8 nitrogen and oxygen atoms in total. The number of hydrogen-bond donors (Lipinski definition) is 1. The largest absolute Gasteiger partial charge is 0.493 e. The zero-order valence-electron chi connectivity index (χ0n) is 15.2. The predicted octanol–water partition coefficient (Wildman–Crippen LogP) is 1.48. The number of ether oxygens (including phenoxy) is 3. The van der Waals surface area contributed by atoms with E-state index in [-0.39, 0.29) is 11.7 Å². The minimum absolute atomic E-state index is 0.114. The van der Waals surface area contributed by atoms with Gasteiger partial charge in [0.15, 0.2) is 24.7 Å². The van der Waals surface area contributed by atoms with Crippen LogP contribution in [0.3, 0.4) is 0 Å². The first-order chi connectivity index (χ1) is 12.3. The van der Waals surface area contributed by atoms with Gasteiger partial charge < -0.3 is 19.5 Å². The summed E-state index contributed by atoms with van der Waals surface area (Å²) in [6.45, 7) is 4.23. The monoisotopic (exact) mass is 362 g/mol. The van der Waals surface area contributed by atoms with Crippen molar-refractivity contribution in [2.75, 3.05) is 20.3 Å². The molecule has 0 bridgehead atoms. The highest BCUT2D eigenvalue weighted by Gasteiger charge is 2.30. The second kappa shape index (κ2) is 9.42. The van der Waals surface area contributed by atoms with Crippen LogP contribution in [0.4, 0.5) is 0 Å². The van der Waals surface area contributed by atoms with Gasteiger partial charge in [-0.15, -0.1) is 0 Å². The summed E-state index contributed by atoms with van der Waals surface area (Å²) in [7, 11) is 1.40. The van der Waals surface area contributed by atoms with Gasteiger partial charge >= 0.3 is 5.97 Å². The van der Waals surface area contributed by atoms with Crippen molar-refractivity contribution in [3.05, 3.63) is 23.8 Å². The Labute approximate surface area is 152 Å². The van der Waals surface area contributed by atoms with Gasteiger partial charge in [0, 0.05) is 5.56 Å². The number of hydrogen-bond acceptors (Lipinski definition) is 7. The Bertz CT molecular complexity index is 710. The maximum atomic E-state index is 11.8. The van der Waals surface area contributed by atoms with Crippen molar-refractivity contribution in [3.8, 4) is 17.6 Å². The van der Waals surface area contributed by atoms with Crippen molar-refractivity contribution >= 4 is 18.2 Å². The van der Waals surface area contributed by atoms with Gasteiger partial charge in [0.25, 0.3) is 5.91 Å². The molecule has 1 aromatic rings. The van der Waals surface area contributed by atoms with Crippen molar-refractivity contribution in [1.29, 1.82) is 5.26 Å². The van der Waals surface area contributed by atoms with Gasteiger partial charge in [-0.05, 0) is 31.0 Å². The molecule has 8 heteroatoms. The number of carbonyl (C=O) groups excluding carboxylic acids is 3. The summed E-state index contributed by atoms with van der Waals surface area (Å²) in [5.41, 5.74) is -0.646. The Hall–Kier alpha value is -3.08. The van der Waals surface area contributed by atoms with Crippen LogP contribution in [-0.4, -0.2) is 44.0 Å². The van der Waals surface area contributed by atoms with Gasteiger partial charge in [0.2, 0.25) is 0 Å². The minimum atomic E-state index is -1.05. The summed E-state index contributed by atoms with van der Waals surface area (Å²) in [5, 5.41) is 11.7. The normalized spacial score (nSPS) is 12.5. The predicted molar refractivity (Wildman–Crippen MR) is 91.8 cm³/mol. The van der Waals surface area contributed by atoms with Gasteiger partial charge in [-0.25, -0.2) is 4.79 Å². The van der Waals surface area contributed by atoms with E-state index in [2.05, 4.69) is 5.32 Å². The highest BCUT2D eigenvalue weighted by molar-refractivity contribution is 5.82. The van der Waals surface area contributed by atoms with Crippen molar-refractivity contribution in [1.82, 2.24) is 5.32 Å². The summed E-state index contributed by atoms with van der Waals surface area (Å²) in [4.78, 5) is 34.3. The maximum absolute atomic E-state index is 11.8. The van der Waals surface area contributed by atoms with E-state index in [1.807, 2.05) is 6.07 Å². The molecule has 0 fully saturated rings. The number of nitrogens with zero attached hydrogens (tertiary/aromatic N) is 1. The second-order valence-electron chi connectivity index (χ2n) is 5.99. The average Bonchev–Trinajstić information content (AvgIpc) is 2.64. The zero-order valence-corrected chi connectivity index (χ0v) is 15.2. The molecule has 0 aliphatic rings. The van der Waals surface area contributed by atoms with Crippen LogP contribution >= 0.6 is 0 Å². The summed E-state index contributed by atoms with van der Waals surface area (Å²) in [6, 6.07) is 6.50. The zero-order chi connectivity index (χ0) is 19.7. The Balaban J connectivity index is 2.52. The lowest BCUT2D eigenvalue weighted by Gasteiger charge is -2.27. The summed E-state index contributed by atoms with van der Waals surface area (Å²) in [5.74, 6) is -0.899. The maximum Gasteiger partial charge on any atom is 0.344 e. The number of nitriles is 1. The van der Waals surface area contributed by atoms with E-state index in [0.29, 0.717) is 17.6 Å². The van der Waals surface area contributed by atoms with Gasteiger partial charge in [0.05, 0.1) is 13.2 Å². The number of rotatable bonds is 9. The lowest BCUT2D eigenvalue weighted by atomic mass is 9.90. The highest BCUT2D eigenvalue weighted by atomic mass is 16.6. The molecular weight excluding hydrogens is 340 g/mol. The van der Waals surface area contributed by atoms with E-state index >= 15 is 0 Å². The molecule has 140 valence electrons. The third-order valence-corrected chi connectivity index (χ3v) is 3.82. The molecule has 1 aromatic carbocycles. The van der Waals surface area contributed by atoms with E-state index in [0.717, 1.165) is 0 Å².